The molecule has 0 aliphatic carbocycles. The number of H-pyrrole nitrogens is 3. The number of nitrogens with one attached hydrogen (secondary N) is 3. The van der Waals surface area contributed by atoms with Gasteiger partial charge in [0.2, 0.25) is 5.82 Å². The summed E-state index contributed by atoms with van der Waals surface area (Å²) in [6.45, 7) is 0. The van der Waals surface area contributed by atoms with Gasteiger partial charge in [0.05, 0.1) is 84.3 Å². The largest absolute Gasteiger partial charge is 0.494 e. The summed E-state index contributed by atoms with van der Waals surface area (Å²) in [6.07, 6.45) is -9.07. The van der Waals surface area contributed by atoms with Crippen molar-refractivity contribution in [2.75, 3.05) is 0 Å². The predicted molar refractivity (Wildman–Crippen MR) is 390 cm³/mol. The number of amides is 3. The number of halogens is 21. The molecule has 6 heterocycles. The number of benzene rings is 6. The normalized spacial score (nSPS) is 13.4. The third-order valence-corrected chi connectivity index (χ3v) is 32.4. The maximum absolute atomic E-state index is 14.1. The molecule has 0 fully saturated rings. The summed E-state index contributed by atoms with van der Waals surface area (Å²) in [7, 11) is 0. The van der Waals surface area contributed by atoms with Crippen LogP contribution in [0.5, 0.6) is 17.6 Å². The van der Waals surface area contributed by atoms with Crippen LogP contribution in [0.4, 0.5) is 48.3 Å². The average Bonchev–Trinajstić information content (AvgIpc) is 1.64. The molecule has 6 aromatic carbocycles. The third-order valence-electron chi connectivity index (χ3n) is 13.3. The molecule has 0 spiro atoms. The number of aromatic hydroxyl groups is 3. The minimum Gasteiger partial charge on any atom is -0.494 e. The van der Waals surface area contributed by atoms with Crippen LogP contribution in [0.15, 0.2) is 93.8 Å². The van der Waals surface area contributed by atoms with Gasteiger partial charge in [-0.1, -0.05) is 54.6 Å². The number of fused-ring (bicyclic) bond motifs is 3. The van der Waals surface area contributed by atoms with Gasteiger partial charge in [-0.3, -0.25) is 14.4 Å². The maximum Gasteiger partial charge on any atom is 0.416 e. The molecule has 3 aromatic heterocycles. The van der Waals surface area contributed by atoms with Gasteiger partial charge in [0.15, 0.2) is 40.9 Å². The Labute approximate surface area is 627 Å². The Morgan fingerprint density at radius 1 is 0.315 bits per heavy atom. The standard InChI is InChI=1S/C20H10F6N2O2.C18H7F5N2O2.C18H2I10N2O2/c21-19(22,23)11-5-1-9(2-6-11)15-13-14(18(30)27-15)16(28-17(13)29)10-3-7-12(8-4-10)20(24,25)26;19-10-9(11(20)13(22)14(23)12(10)21)16-8-7(17(26)25-16)15(24-18(8)27)6-4-2-1-3-5-6;19-5-3(6(20)10(24)13(27)9(5)23)15-1-2(18(32)29-15)16(30-17(1)31)4-7(21)11(25)14(28)12(26)8(4)22/h1-8,27,30H;1-5,24,27H;29,32H. The van der Waals surface area contributed by atoms with E-state index in [4.69, 9.17) is 0 Å². The summed E-state index contributed by atoms with van der Waals surface area (Å²) in [6, 6.07) is 16.0. The molecule has 3 amide bonds. The van der Waals surface area contributed by atoms with E-state index in [1.807, 2.05) is 0 Å². The fraction of sp³-hybridized carbons (Fsp3) is 0.0357. The molecular formula is C56H19F11I10N6O6. The predicted octanol–water partition coefficient (Wildman–Crippen LogP) is 18.9. The fourth-order valence-electron chi connectivity index (χ4n) is 9.32. The summed E-state index contributed by atoms with van der Waals surface area (Å²) >= 11 is 23.3. The summed E-state index contributed by atoms with van der Waals surface area (Å²) in [5, 5.41) is 31.4. The van der Waals surface area contributed by atoms with E-state index < -0.39 is 93.0 Å². The molecule has 3 aliphatic heterocycles. The SMILES string of the molecule is O=C1N=C(c2c(F)c(F)c(F)c(F)c2F)c2c(O)[nH]c(-c3ccccc3)c21.O=C1N=C(c2c(I)c(I)c(I)c(I)c2I)c2c(O)[nH]c(-c3c(I)c(I)c(I)c(I)c3I)c21.O=C1N=C(c2ccc(C(F)(F)F)cc2)c2c(O)[nH]c(-c3ccc(C(F)(F)F)cc3)c21. The van der Waals surface area contributed by atoms with Gasteiger partial charge < -0.3 is 30.3 Å². The zero-order chi connectivity index (χ0) is 65.1. The number of carbonyl (C=O) groups is 3. The van der Waals surface area contributed by atoms with Crippen molar-refractivity contribution >= 4 is 261 Å². The monoisotopic (exact) mass is 2350 g/mol. The van der Waals surface area contributed by atoms with Crippen molar-refractivity contribution in [1.29, 1.82) is 0 Å². The quantitative estimate of drug-likeness (QED) is 0.0415. The van der Waals surface area contributed by atoms with Gasteiger partial charge in [0.25, 0.3) is 17.7 Å². The topological polar surface area (TPSA) is 196 Å². The number of aromatic nitrogens is 3. The second kappa shape index (κ2) is 26.4. The van der Waals surface area contributed by atoms with Crippen LogP contribution in [-0.4, -0.2) is 65.1 Å². The van der Waals surface area contributed by atoms with Gasteiger partial charge in [-0.05, 0) is 261 Å². The van der Waals surface area contributed by atoms with Crippen molar-refractivity contribution < 1.29 is 78.0 Å². The molecule has 0 radical (unpaired) electrons. The number of carbonyl (C=O) groups excluding carboxylic acids is 3. The maximum atomic E-state index is 14.1. The van der Waals surface area contributed by atoms with Gasteiger partial charge in [-0.2, -0.15) is 26.3 Å². The Morgan fingerprint density at radius 3 is 1.00 bits per heavy atom. The minimum atomic E-state index is -4.54. The summed E-state index contributed by atoms with van der Waals surface area (Å²) in [5.74, 6) is -14.2. The van der Waals surface area contributed by atoms with Crippen molar-refractivity contribution in [3.8, 4) is 51.4 Å². The molecule has 0 bridgehead atoms. The van der Waals surface area contributed by atoms with Crippen molar-refractivity contribution in [3.05, 3.63) is 205 Å². The zero-order valence-electron chi connectivity index (χ0n) is 42.4. The van der Waals surface area contributed by atoms with Gasteiger partial charge >= 0.3 is 12.4 Å². The van der Waals surface area contributed by atoms with Crippen LogP contribution in [0.2, 0.25) is 0 Å². The number of hydrogen-bond donors (Lipinski definition) is 6. The molecule has 12 nitrogen and oxygen atoms in total. The van der Waals surface area contributed by atoms with Crippen LogP contribution in [0.1, 0.15) is 75.6 Å². The van der Waals surface area contributed by atoms with Crippen molar-refractivity contribution in [2.45, 2.75) is 12.4 Å². The zero-order valence-corrected chi connectivity index (χ0v) is 63.9. The first kappa shape index (κ1) is 69.0. The lowest BCUT2D eigenvalue weighted by atomic mass is 9.99. The summed E-state index contributed by atoms with van der Waals surface area (Å²) < 4.78 is 156. The van der Waals surface area contributed by atoms with Crippen molar-refractivity contribution in [2.24, 2.45) is 15.0 Å². The van der Waals surface area contributed by atoms with E-state index in [1.54, 1.807) is 30.3 Å². The van der Waals surface area contributed by atoms with E-state index in [0.29, 0.717) is 28.1 Å². The number of hydrogen-bond acceptors (Lipinski definition) is 6. The Kier molecular flexibility index (Phi) is 20.4. The van der Waals surface area contributed by atoms with E-state index in [0.717, 1.165) is 88.2 Å². The highest BCUT2D eigenvalue weighted by molar-refractivity contribution is 14.1. The molecule has 3 aliphatic rings. The Balaban J connectivity index is 0.000000148. The average molecular weight is 2350 g/mol. The van der Waals surface area contributed by atoms with Crippen LogP contribution in [0.3, 0.4) is 0 Å². The van der Waals surface area contributed by atoms with Crippen LogP contribution in [0.25, 0.3) is 33.8 Å². The van der Waals surface area contributed by atoms with Gasteiger partial charge in [0, 0.05) is 52.4 Å². The van der Waals surface area contributed by atoms with E-state index >= 15 is 0 Å². The number of aromatic amines is 3. The summed E-state index contributed by atoms with van der Waals surface area (Å²) in [5.41, 5.74) is 0.153. The Morgan fingerprint density at radius 2 is 0.607 bits per heavy atom. The fourth-order valence-corrected chi connectivity index (χ4v) is 19.9. The molecule has 89 heavy (non-hydrogen) atoms. The van der Waals surface area contributed by atoms with Gasteiger partial charge in [0.1, 0.15) is 0 Å². The number of nitrogens with zero attached hydrogens (tertiary/aromatic N) is 3. The van der Waals surface area contributed by atoms with Gasteiger partial charge in [-0.15, -0.1) is 0 Å². The first-order chi connectivity index (χ1) is 41.7. The highest BCUT2D eigenvalue weighted by atomic mass is 127. The van der Waals surface area contributed by atoms with Crippen LogP contribution >= 0.6 is 226 Å². The smallest absolute Gasteiger partial charge is 0.416 e. The van der Waals surface area contributed by atoms with Crippen LogP contribution in [0, 0.1) is 64.8 Å². The van der Waals surface area contributed by atoms with E-state index in [2.05, 4.69) is 256 Å². The number of rotatable bonds is 6. The molecule has 6 N–H and O–H groups in total. The molecule has 0 saturated carbocycles. The Hall–Kier alpha value is -2.89. The number of aliphatic imine (C=N–C) groups is 3. The van der Waals surface area contributed by atoms with Gasteiger partial charge in [-0.25, -0.2) is 36.9 Å². The van der Waals surface area contributed by atoms with Crippen molar-refractivity contribution in [3.63, 3.8) is 0 Å². The van der Waals surface area contributed by atoms with Crippen LogP contribution < -0.4 is 0 Å². The lowest BCUT2D eigenvalue weighted by Crippen LogP contribution is -2.13. The minimum absolute atomic E-state index is 0.0188. The Bertz CT molecular complexity index is 4590. The van der Waals surface area contributed by atoms with Crippen molar-refractivity contribution in [1.82, 2.24) is 15.0 Å². The molecule has 12 rings (SSSR count). The number of alkyl halides is 6. The molecule has 0 saturated heterocycles. The molecular weight excluding hydrogens is 2330 g/mol. The first-order valence-corrected chi connectivity index (χ1v) is 34.7. The molecule has 0 atom stereocenters. The first-order valence-electron chi connectivity index (χ1n) is 23.9. The third kappa shape index (κ3) is 12.5. The second-order valence-electron chi connectivity index (χ2n) is 18.4. The molecule has 9 aromatic rings. The highest BCUT2D eigenvalue weighted by Crippen LogP contribution is 2.47. The lowest BCUT2D eigenvalue weighted by Gasteiger charge is -2.14. The molecule has 0 unspecified atom stereocenters. The molecule has 456 valence electrons. The van der Waals surface area contributed by atoms with E-state index in [-0.39, 0.29) is 56.7 Å². The van der Waals surface area contributed by atoms with E-state index in [9.17, 15) is 78.0 Å². The highest BCUT2D eigenvalue weighted by Gasteiger charge is 2.41. The van der Waals surface area contributed by atoms with Crippen LogP contribution in [-0.2, 0) is 12.4 Å². The summed E-state index contributed by atoms with van der Waals surface area (Å²) in [4.78, 5) is 57.8. The second-order valence-corrected chi connectivity index (χ2v) is 29.2. The lowest BCUT2D eigenvalue weighted by molar-refractivity contribution is -0.138. The molecule has 33 heteroatoms. The van der Waals surface area contributed by atoms with E-state index in [1.165, 1.54) is 7.14 Å².